The molecule has 0 bridgehead atoms. The van der Waals surface area contributed by atoms with Crippen LogP contribution in [0.2, 0.25) is 0 Å². The predicted molar refractivity (Wildman–Crippen MR) is 120 cm³/mol. The van der Waals surface area contributed by atoms with E-state index in [0.717, 1.165) is 0 Å². The minimum atomic E-state index is -0.224. The maximum Gasteiger partial charge on any atom is 0.256 e. The van der Waals surface area contributed by atoms with Gasteiger partial charge in [-0.15, -0.1) is 0 Å². The molecular formula is C20H21IN6O. The Labute approximate surface area is 177 Å². The minimum Gasteiger partial charge on any atom is -0.334 e. The third kappa shape index (κ3) is 4.38. The number of anilines is 1. The largest absolute Gasteiger partial charge is 0.334 e. The summed E-state index contributed by atoms with van der Waals surface area (Å²) >= 11 is 1.98. The van der Waals surface area contributed by atoms with Crippen LogP contribution >= 0.6 is 22.9 Å². The van der Waals surface area contributed by atoms with Crippen molar-refractivity contribution in [2.45, 2.75) is 26.2 Å². The van der Waals surface area contributed by atoms with Crippen LogP contribution < -0.4 is 8.85 Å². The van der Waals surface area contributed by atoms with Gasteiger partial charge in [0.25, 0.3) is 5.91 Å². The fourth-order valence-electron chi connectivity index (χ4n) is 2.65. The number of carbonyl (C=O) groups excluding carboxylic acids is 1. The summed E-state index contributed by atoms with van der Waals surface area (Å²) in [6.45, 7) is 6.40. The number of imidazole rings is 1. The van der Waals surface area contributed by atoms with Gasteiger partial charge in [0, 0.05) is 23.6 Å². The summed E-state index contributed by atoms with van der Waals surface area (Å²) in [6, 6.07) is 11.2. The quantitative estimate of drug-likeness (QED) is 0.285. The van der Waals surface area contributed by atoms with Gasteiger partial charge in [-0.1, -0.05) is 32.9 Å². The average molecular weight is 488 g/mol. The standard InChI is InChI=1S/C20H21IN6O/c1-20(2,3)15-6-4-13(5-7-15)19(28)25-17-12-27-18(24-17)9-8-16(26-27)14(10-22)11-23-21/h4-12,22-23H,1-3H3,(H,25,28)/b14-11+,22-10?. The van der Waals surface area contributed by atoms with Crippen molar-refractivity contribution < 1.29 is 4.79 Å². The van der Waals surface area contributed by atoms with E-state index in [4.69, 9.17) is 5.41 Å². The molecule has 0 saturated carbocycles. The zero-order valence-electron chi connectivity index (χ0n) is 15.8. The molecule has 0 spiro atoms. The van der Waals surface area contributed by atoms with Crippen molar-refractivity contribution in [2.75, 3.05) is 5.32 Å². The number of halogens is 1. The highest BCUT2D eigenvalue weighted by atomic mass is 127. The number of carbonyl (C=O) groups is 1. The van der Waals surface area contributed by atoms with Gasteiger partial charge >= 0.3 is 0 Å². The number of hydrogen-bond acceptors (Lipinski definition) is 5. The molecule has 0 aliphatic rings. The van der Waals surface area contributed by atoms with E-state index in [1.54, 1.807) is 29.0 Å². The number of rotatable bonds is 5. The first-order valence-electron chi connectivity index (χ1n) is 8.67. The Morgan fingerprint density at radius 2 is 1.89 bits per heavy atom. The SMILES string of the molecule is CC(C)(C)c1ccc(C(=O)Nc2cn3nc(/C(C=N)=C/NI)ccc3n2)cc1. The molecule has 3 aromatic rings. The fraction of sp³-hybridized carbons (Fsp3) is 0.200. The summed E-state index contributed by atoms with van der Waals surface area (Å²) in [5.41, 5.74) is 3.64. The molecular weight excluding hydrogens is 467 g/mol. The molecule has 2 aromatic heterocycles. The first-order chi connectivity index (χ1) is 13.3. The Morgan fingerprint density at radius 3 is 2.50 bits per heavy atom. The Balaban J connectivity index is 1.81. The molecule has 0 unspecified atom stereocenters. The van der Waals surface area contributed by atoms with Crippen molar-refractivity contribution in [2.24, 2.45) is 0 Å². The number of allylic oxidation sites excluding steroid dienone is 1. The molecule has 144 valence electrons. The molecule has 0 aliphatic carbocycles. The fourth-order valence-corrected chi connectivity index (χ4v) is 2.99. The number of benzene rings is 1. The Kier molecular flexibility index (Phi) is 5.78. The van der Waals surface area contributed by atoms with E-state index in [-0.39, 0.29) is 11.3 Å². The van der Waals surface area contributed by atoms with Gasteiger partial charge in [0.15, 0.2) is 11.5 Å². The molecule has 2 heterocycles. The van der Waals surface area contributed by atoms with Gasteiger partial charge in [-0.05, 0) is 35.2 Å². The lowest BCUT2D eigenvalue weighted by Crippen LogP contribution is -2.14. The van der Waals surface area contributed by atoms with Gasteiger partial charge in [-0.25, -0.2) is 9.50 Å². The molecule has 1 amide bonds. The van der Waals surface area contributed by atoms with Gasteiger partial charge in [-0.2, -0.15) is 5.10 Å². The highest BCUT2D eigenvalue weighted by Gasteiger charge is 2.15. The lowest BCUT2D eigenvalue weighted by atomic mass is 9.87. The van der Waals surface area contributed by atoms with Crippen molar-refractivity contribution in [3.63, 3.8) is 0 Å². The summed E-state index contributed by atoms with van der Waals surface area (Å²) in [5, 5.41) is 14.8. The van der Waals surface area contributed by atoms with Crippen LogP contribution in [0.4, 0.5) is 5.82 Å². The van der Waals surface area contributed by atoms with E-state index in [2.05, 4.69) is 39.7 Å². The van der Waals surface area contributed by atoms with Crippen LogP contribution in [0.5, 0.6) is 0 Å². The molecule has 7 nitrogen and oxygen atoms in total. The summed E-state index contributed by atoms with van der Waals surface area (Å²) in [4.78, 5) is 16.9. The molecule has 0 radical (unpaired) electrons. The van der Waals surface area contributed by atoms with Crippen LogP contribution in [0.3, 0.4) is 0 Å². The monoisotopic (exact) mass is 488 g/mol. The summed E-state index contributed by atoms with van der Waals surface area (Å²) < 4.78 is 4.44. The number of aromatic nitrogens is 3. The van der Waals surface area contributed by atoms with Crippen LogP contribution in [0.25, 0.3) is 11.2 Å². The van der Waals surface area contributed by atoms with E-state index in [1.807, 2.05) is 47.1 Å². The van der Waals surface area contributed by atoms with Crippen molar-refractivity contribution in [3.05, 3.63) is 65.6 Å². The Bertz CT molecular complexity index is 1050. The first kappa shape index (κ1) is 20.0. The predicted octanol–water partition coefficient (Wildman–Crippen LogP) is 4.21. The van der Waals surface area contributed by atoms with Crippen LogP contribution in [0.15, 0.2) is 48.8 Å². The lowest BCUT2D eigenvalue weighted by molar-refractivity contribution is 0.102. The van der Waals surface area contributed by atoms with Crippen LogP contribution in [-0.2, 0) is 5.41 Å². The van der Waals surface area contributed by atoms with E-state index in [1.165, 1.54) is 11.8 Å². The maximum absolute atomic E-state index is 12.5. The van der Waals surface area contributed by atoms with E-state index in [0.29, 0.717) is 28.3 Å². The topological polar surface area (TPSA) is 95.2 Å². The smallest absolute Gasteiger partial charge is 0.256 e. The number of amides is 1. The van der Waals surface area contributed by atoms with Gasteiger partial charge in [0.2, 0.25) is 0 Å². The van der Waals surface area contributed by atoms with Crippen molar-refractivity contribution in [1.29, 1.82) is 5.41 Å². The molecule has 0 fully saturated rings. The number of hydrogen-bond donors (Lipinski definition) is 3. The molecule has 0 aliphatic heterocycles. The molecule has 3 rings (SSSR count). The van der Waals surface area contributed by atoms with Gasteiger partial charge in [-0.3, -0.25) is 4.79 Å². The Morgan fingerprint density at radius 1 is 1.18 bits per heavy atom. The van der Waals surface area contributed by atoms with Crippen molar-refractivity contribution in [1.82, 2.24) is 18.1 Å². The van der Waals surface area contributed by atoms with Crippen LogP contribution in [0, 0.1) is 5.41 Å². The minimum absolute atomic E-state index is 0.0383. The summed E-state index contributed by atoms with van der Waals surface area (Å²) in [7, 11) is 0. The maximum atomic E-state index is 12.5. The second-order valence-electron chi connectivity index (χ2n) is 7.28. The molecule has 0 saturated heterocycles. The van der Waals surface area contributed by atoms with E-state index < -0.39 is 0 Å². The number of nitrogens with one attached hydrogen (secondary N) is 3. The van der Waals surface area contributed by atoms with Gasteiger partial charge < -0.3 is 14.3 Å². The van der Waals surface area contributed by atoms with Crippen molar-refractivity contribution in [3.8, 4) is 0 Å². The second kappa shape index (κ2) is 8.09. The highest BCUT2D eigenvalue weighted by molar-refractivity contribution is 14.1. The van der Waals surface area contributed by atoms with Crippen LogP contribution in [-0.4, -0.2) is 26.7 Å². The van der Waals surface area contributed by atoms with E-state index in [9.17, 15) is 4.79 Å². The molecule has 0 atom stereocenters. The normalized spacial score (nSPS) is 12.1. The highest BCUT2D eigenvalue weighted by Crippen LogP contribution is 2.22. The van der Waals surface area contributed by atoms with Gasteiger partial charge in [0.1, 0.15) is 0 Å². The zero-order valence-corrected chi connectivity index (χ0v) is 18.0. The number of nitrogens with zero attached hydrogens (tertiary/aromatic N) is 3. The molecule has 28 heavy (non-hydrogen) atoms. The summed E-state index contributed by atoms with van der Waals surface area (Å²) in [5.74, 6) is 0.195. The van der Waals surface area contributed by atoms with Gasteiger partial charge in [0.05, 0.1) is 34.8 Å². The third-order valence-electron chi connectivity index (χ3n) is 4.24. The summed E-state index contributed by atoms with van der Waals surface area (Å²) in [6.07, 6.45) is 4.56. The third-order valence-corrected chi connectivity index (χ3v) is 4.55. The zero-order chi connectivity index (χ0) is 20.3. The Hall–Kier alpha value is -2.75. The van der Waals surface area contributed by atoms with Crippen LogP contribution in [0.1, 0.15) is 42.4 Å². The number of fused-ring (bicyclic) bond motifs is 1. The van der Waals surface area contributed by atoms with Crippen molar-refractivity contribution >= 4 is 52.0 Å². The van der Waals surface area contributed by atoms with E-state index >= 15 is 0 Å². The average Bonchev–Trinajstić information content (AvgIpc) is 3.06. The molecule has 1 aromatic carbocycles. The second-order valence-corrected chi connectivity index (χ2v) is 7.90. The first-order valence-corrected chi connectivity index (χ1v) is 9.75. The molecule has 3 N–H and O–H groups in total. The molecule has 8 heteroatoms. The lowest BCUT2D eigenvalue weighted by Gasteiger charge is -2.18.